The van der Waals surface area contributed by atoms with Crippen LogP contribution < -0.4 is 10.2 Å². The Hall–Kier alpha value is -4.52. The average Bonchev–Trinajstić information content (AvgIpc) is 3.24. The van der Waals surface area contributed by atoms with Gasteiger partial charge in [-0.3, -0.25) is 14.4 Å². The summed E-state index contributed by atoms with van der Waals surface area (Å²) in [6.45, 7) is 4.31. The van der Waals surface area contributed by atoms with Crippen LogP contribution in [0.25, 0.3) is 10.8 Å². The lowest BCUT2D eigenvalue weighted by atomic mass is 10.0. The monoisotopic (exact) mass is 551 g/mol. The topological polar surface area (TPSA) is 69.7 Å². The number of nitrogens with one attached hydrogen (secondary N) is 1. The van der Waals surface area contributed by atoms with Gasteiger partial charge in [-0.15, -0.1) is 0 Å². The van der Waals surface area contributed by atoms with E-state index in [-0.39, 0.29) is 42.5 Å². The number of carbonyl (C=O) groups excluding carboxylic acids is 3. The maximum Gasteiger partial charge on any atom is 0.258 e. The first kappa shape index (κ1) is 28.0. The quantitative estimate of drug-likeness (QED) is 0.253. The molecule has 1 aliphatic rings. The molecule has 0 bridgehead atoms. The van der Waals surface area contributed by atoms with E-state index in [4.69, 9.17) is 0 Å². The molecule has 1 heterocycles. The van der Waals surface area contributed by atoms with E-state index in [1.165, 1.54) is 12.1 Å². The van der Waals surface area contributed by atoms with Crippen LogP contribution in [0.15, 0.2) is 91.0 Å². The first-order valence-corrected chi connectivity index (χ1v) is 14.0. The van der Waals surface area contributed by atoms with Gasteiger partial charge in [-0.2, -0.15) is 0 Å². The minimum absolute atomic E-state index is 0.0642. The number of halogens is 1. The van der Waals surface area contributed by atoms with Crippen molar-refractivity contribution < 1.29 is 18.8 Å². The van der Waals surface area contributed by atoms with Gasteiger partial charge < -0.3 is 15.1 Å². The van der Waals surface area contributed by atoms with Crippen LogP contribution in [0, 0.1) is 5.82 Å². The van der Waals surface area contributed by atoms with Gasteiger partial charge in [0, 0.05) is 42.9 Å². The van der Waals surface area contributed by atoms with Crippen LogP contribution >= 0.6 is 0 Å². The maximum atomic E-state index is 13.9. The number of anilines is 1. The van der Waals surface area contributed by atoms with E-state index in [9.17, 15) is 18.8 Å². The molecule has 0 spiro atoms. The number of hydrogen-bond donors (Lipinski definition) is 1. The van der Waals surface area contributed by atoms with Gasteiger partial charge in [-0.25, -0.2) is 4.39 Å². The zero-order chi connectivity index (χ0) is 28.9. The van der Waals surface area contributed by atoms with Crippen molar-refractivity contribution in [1.82, 2.24) is 10.2 Å². The second kappa shape index (κ2) is 12.3. The molecule has 4 aromatic rings. The van der Waals surface area contributed by atoms with Gasteiger partial charge in [0.2, 0.25) is 11.8 Å². The van der Waals surface area contributed by atoms with E-state index in [0.717, 1.165) is 27.6 Å². The van der Waals surface area contributed by atoms with E-state index < -0.39 is 6.04 Å². The Balaban J connectivity index is 1.37. The molecule has 4 aromatic carbocycles. The van der Waals surface area contributed by atoms with Crippen LogP contribution in [0.5, 0.6) is 0 Å². The summed E-state index contributed by atoms with van der Waals surface area (Å²) >= 11 is 0. The van der Waals surface area contributed by atoms with E-state index in [1.54, 1.807) is 21.9 Å². The normalized spacial score (nSPS) is 13.1. The van der Waals surface area contributed by atoms with Crippen LogP contribution in [-0.4, -0.2) is 41.2 Å². The minimum atomic E-state index is -0.760. The smallest absolute Gasteiger partial charge is 0.258 e. The van der Waals surface area contributed by atoms with Crippen molar-refractivity contribution in [3.63, 3.8) is 0 Å². The van der Waals surface area contributed by atoms with Gasteiger partial charge in [0.15, 0.2) is 0 Å². The summed E-state index contributed by atoms with van der Waals surface area (Å²) < 4.78 is 13.6. The first-order valence-electron chi connectivity index (χ1n) is 14.0. The molecule has 1 atom stereocenters. The third-order valence-corrected chi connectivity index (χ3v) is 7.39. The summed E-state index contributed by atoms with van der Waals surface area (Å²) in [5.74, 6) is -0.866. The lowest BCUT2D eigenvalue weighted by Gasteiger charge is -2.32. The van der Waals surface area contributed by atoms with Crippen molar-refractivity contribution in [2.45, 2.75) is 51.7 Å². The van der Waals surface area contributed by atoms with Crippen LogP contribution in [0.4, 0.5) is 10.1 Å². The Kier molecular flexibility index (Phi) is 8.43. The van der Waals surface area contributed by atoms with Crippen molar-refractivity contribution in [1.29, 1.82) is 0 Å². The maximum absolute atomic E-state index is 13.9. The van der Waals surface area contributed by atoms with Crippen LogP contribution in [-0.2, 0) is 22.6 Å². The summed E-state index contributed by atoms with van der Waals surface area (Å²) in [6, 6.07) is 26.3. The molecule has 0 radical (unpaired) electrons. The first-order chi connectivity index (χ1) is 19.8. The van der Waals surface area contributed by atoms with Gasteiger partial charge >= 0.3 is 0 Å². The summed E-state index contributed by atoms with van der Waals surface area (Å²) in [4.78, 5) is 43.9. The summed E-state index contributed by atoms with van der Waals surface area (Å²) in [5.41, 5.74) is 3.20. The molecule has 1 aliphatic heterocycles. The Bertz CT molecular complexity index is 1550. The summed E-state index contributed by atoms with van der Waals surface area (Å²) in [7, 11) is 0. The summed E-state index contributed by atoms with van der Waals surface area (Å²) in [6.07, 6.45) is 0.921. The zero-order valence-corrected chi connectivity index (χ0v) is 23.3. The molecule has 7 heteroatoms. The number of benzene rings is 4. The molecular weight excluding hydrogens is 517 g/mol. The van der Waals surface area contributed by atoms with Gasteiger partial charge in [-0.1, -0.05) is 66.7 Å². The number of nitrogens with zero attached hydrogens (tertiary/aromatic N) is 2. The largest absolute Gasteiger partial charge is 0.352 e. The Labute approximate surface area is 239 Å². The highest BCUT2D eigenvalue weighted by molar-refractivity contribution is 6.25. The van der Waals surface area contributed by atoms with Crippen molar-refractivity contribution >= 4 is 34.2 Å². The SMILES string of the molecule is CC(C)NC(=O)[C@H](Cc1ccccc1)N(Cc1ccc(F)cc1)C(=O)CCCN1C(=O)c2cccc3cccc1c23. The summed E-state index contributed by atoms with van der Waals surface area (Å²) in [5, 5.41) is 4.93. The van der Waals surface area contributed by atoms with Crippen molar-refractivity contribution in [2.75, 3.05) is 11.4 Å². The average molecular weight is 552 g/mol. The number of hydrogen-bond acceptors (Lipinski definition) is 3. The number of amides is 3. The number of carbonyl (C=O) groups is 3. The fourth-order valence-electron chi connectivity index (χ4n) is 5.45. The fraction of sp³-hybridized carbons (Fsp3) is 0.265. The molecule has 0 saturated heterocycles. The van der Waals surface area contributed by atoms with Crippen LogP contribution in [0.2, 0.25) is 0 Å². The second-order valence-electron chi connectivity index (χ2n) is 10.8. The van der Waals surface area contributed by atoms with E-state index in [2.05, 4.69) is 5.32 Å². The van der Waals surface area contributed by atoms with Crippen molar-refractivity contribution in [3.05, 3.63) is 114 Å². The predicted octanol–water partition coefficient (Wildman–Crippen LogP) is 5.88. The molecule has 1 N–H and O–H groups in total. The predicted molar refractivity (Wildman–Crippen MR) is 159 cm³/mol. The molecule has 6 nitrogen and oxygen atoms in total. The highest BCUT2D eigenvalue weighted by atomic mass is 19.1. The Morgan fingerprint density at radius 3 is 2.29 bits per heavy atom. The zero-order valence-electron chi connectivity index (χ0n) is 23.3. The highest BCUT2D eigenvalue weighted by Crippen LogP contribution is 2.37. The fourth-order valence-corrected chi connectivity index (χ4v) is 5.45. The van der Waals surface area contributed by atoms with E-state index >= 15 is 0 Å². The molecule has 0 unspecified atom stereocenters. The van der Waals surface area contributed by atoms with Gasteiger partial charge in [0.05, 0.1) is 5.69 Å². The van der Waals surface area contributed by atoms with Gasteiger partial charge in [0.1, 0.15) is 11.9 Å². The van der Waals surface area contributed by atoms with E-state index in [1.807, 2.05) is 80.6 Å². The minimum Gasteiger partial charge on any atom is -0.352 e. The molecule has 0 fully saturated rings. The molecule has 3 amide bonds. The molecule has 210 valence electrons. The second-order valence-corrected chi connectivity index (χ2v) is 10.8. The Morgan fingerprint density at radius 2 is 1.59 bits per heavy atom. The molecule has 5 rings (SSSR count). The van der Waals surface area contributed by atoms with Gasteiger partial charge in [-0.05, 0) is 61.0 Å². The van der Waals surface area contributed by atoms with E-state index in [0.29, 0.717) is 24.9 Å². The molecular formula is C34H34FN3O3. The van der Waals surface area contributed by atoms with Crippen LogP contribution in [0.1, 0.15) is 48.2 Å². The van der Waals surface area contributed by atoms with Crippen LogP contribution in [0.3, 0.4) is 0 Å². The van der Waals surface area contributed by atoms with Crippen molar-refractivity contribution in [3.8, 4) is 0 Å². The molecule has 0 saturated carbocycles. The van der Waals surface area contributed by atoms with Crippen molar-refractivity contribution in [2.24, 2.45) is 0 Å². The number of rotatable bonds is 11. The lowest BCUT2D eigenvalue weighted by molar-refractivity contribution is -0.141. The molecule has 0 aliphatic carbocycles. The highest BCUT2D eigenvalue weighted by Gasteiger charge is 2.32. The molecule has 41 heavy (non-hydrogen) atoms. The Morgan fingerprint density at radius 1 is 0.878 bits per heavy atom. The molecule has 0 aromatic heterocycles. The van der Waals surface area contributed by atoms with Gasteiger partial charge in [0.25, 0.3) is 5.91 Å². The standard InChI is InChI=1S/C34H34FN3O3/c1-23(2)36-33(40)30(21-24-9-4-3-5-10-24)38(22-25-16-18-27(35)19-17-25)31(39)15-8-20-37-29-14-7-12-26-11-6-13-28(32(26)29)34(37)41/h3-7,9-14,16-19,23,30H,8,15,20-22H2,1-2H3,(H,36,40)/t30-/m0/s1. The third kappa shape index (κ3) is 6.30. The lowest BCUT2D eigenvalue weighted by Crippen LogP contribution is -2.51. The third-order valence-electron chi connectivity index (χ3n) is 7.39.